The topological polar surface area (TPSA) is 67.8 Å². The summed E-state index contributed by atoms with van der Waals surface area (Å²) in [6, 6.07) is 12.0. The Morgan fingerprint density at radius 1 is 1.22 bits per heavy atom. The van der Waals surface area contributed by atoms with Crippen molar-refractivity contribution in [3.63, 3.8) is 0 Å². The third kappa shape index (κ3) is 5.61. The van der Waals surface area contributed by atoms with Crippen LogP contribution in [-0.4, -0.2) is 30.6 Å². The Hall–Kier alpha value is -2.76. The number of nitrogens with zero attached hydrogens (tertiary/aromatic N) is 2. The van der Waals surface area contributed by atoms with Gasteiger partial charge in [0.1, 0.15) is 11.5 Å². The van der Waals surface area contributed by atoms with Gasteiger partial charge < -0.3 is 20.1 Å². The number of guanidine groups is 1. The van der Waals surface area contributed by atoms with E-state index in [4.69, 9.17) is 9.47 Å². The molecule has 0 bridgehead atoms. The fourth-order valence-corrected chi connectivity index (χ4v) is 2.66. The van der Waals surface area contributed by atoms with Crippen LogP contribution in [0.4, 0.5) is 0 Å². The van der Waals surface area contributed by atoms with Crippen LogP contribution >= 0.6 is 0 Å². The fraction of sp³-hybridized carbons (Fsp3) is 0.429. The maximum absolute atomic E-state index is 5.98. The van der Waals surface area contributed by atoms with E-state index >= 15 is 0 Å². The number of pyridine rings is 1. The molecule has 2 unspecified atom stereocenters. The molecule has 1 heterocycles. The number of hydrogen-bond acceptors (Lipinski definition) is 4. The van der Waals surface area contributed by atoms with Crippen LogP contribution in [-0.2, 0) is 6.54 Å². The Labute approximate surface area is 161 Å². The normalized spacial score (nSPS) is 18.7. The molecule has 144 valence electrons. The van der Waals surface area contributed by atoms with E-state index in [0.29, 0.717) is 31.0 Å². The van der Waals surface area contributed by atoms with Gasteiger partial charge in [-0.2, -0.15) is 0 Å². The van der Waals surface area contributed by atoms with Crippen LogP contribution in [0.15, 0.2) is 47.6 Å². The van der Waals surface area contributed by atoms with Gasteiger partial charge in [-0.25, -0.2) is 4.98 Å². The summed E-state index contributed by atoms with van der Waals surface area (Å²) in [4.78, 5) is 8.67. The predicted octanol–water partition coefficient (Wildman–Crippen LogP) is 3.74. The molecular formula is C21H28N4O2. The zero-order chi connectivity index (χ0) is 19.1. The minimum absolute atomic E-state index is 0.522. The molecule has 0 radical (unpaired) electrons. The Kier molecular flexibility index (Phi) is 6.52. The summed E-state index contributed by atoms with van der Waals surface area (Å²) in [7, 11) is 1.78. The lowest BCUT2D eigenvalue weighted by atomic mass is 10.2. The smallest absolute Gasteiger partial charge is 0.224 e. The van der Waals surface area contributed by atoms with Gasteiger partial charge in [-0.15, -0.1) is 0 Å². The van der Waals surface area contributed by atoms with Gasteiger partial charge in [0.05, 0.1) is 6.61 Å². The molecule has 6 nitrogen and oxygen atoms in total. The second-order valence-electron chi connectivity index (χ2n) is 6.78. The Morgan fingerprint density at radius 3 is 2.63 bits per heavy atom. The van der Waals surface area contributed by atoms with Crippen LogP contribution < -0.4 is 20.1 Å². The SMILES string of the molecule is CCCOc1ccc(Oc2ncccc2CNC(=NC)NC2CC2C)cc1. The van der Waals surface area contributed by atoms with Crippen LogP contribution in [0.2, 0.25) is 0 Å². The number of benzene rings is 1. The van der Waals surface area contributed by atoms with Crippen molar-refractivity contribution in [1.82, 2.24) is 15.6 Å². The molecule has 2 aromatic rings. The molecule has 2 atom stereocenters. The van der Waals surface area contributed by atoms with E-state index in [-0.39, 0.29) is 0 Å². The molecule has 1 aromatic heterocycles. The van der Waals surface area contributed by atoms with E-state index in [1.54, 1.807) is 13.2 Å². The lowest BCUT2D eigenvalue weighted by Crippen LogP contribution is -2.38. The largest absolute Gasteiger partial charge is 0.494 e. The minimum Gasteiger partial charge on any atom is -0.494 e. The molecular weight excluding hydrogens is 340 g/mol. The first-order valence-electron chi connectivity index (χ1n) is 9.51. The molecule has 2 N–H and O–H groups in total. The van der Waals surface area contributed by atoms with Gasteiger partial charge in [0.2, 0.25) is 5.88 Å². The van der Waals surface area contributed by atoms with Crippen LogP contribution in [0.1, 0.15) is 32.3 Å². The van der Waals surface area contributed by atoms with E-state index < -0.39 is 0 Å². The van der Waals surface area contributed by atoms with Gasteiger partial charge in [-0.1, -0.05) is 19.9 Å². The molecule has 0 aliphatic heterocycles. The zero-order valence-corrected chi connectivity index (χ0v) is 16.2. The second kappa shape index (κ2) is 9.26. The summed E-state index contributed by atoms with van der Waals surface area (Å²) >= 11 is 0. The Bertz CT molecular complexity index is 761. The minimum atomic E-state index is 0.522. The summed E-state index contributed by atoms with van der Waals surface area (Å²) < 4.78 is 11.6. The van der Waals surface area contributed by atoms with E-state index in [9.17, 15) is 0 Å². The highest BCUT2D eigenvalue weighted by Gasteiger charge is 2.33. The van der Waals surface area contributed by atoms with Gasteiger partial charge in [0.15, 0.2) is 5.96 Å². The van der Waals surface area contributed by atoms with Crippen LogP contribution in [0.25, 0.3) is 0 Å². The van der Waals surface area contributed by atoms with E-state index in [0.717, 1.165) is 29.4 Å². The second-order valence-corrected chi connectivity index (χ2v) is 6.78. The number of rotatable bonds is 8. The van der Waals surface area contributed by atoms with Gasteiger partial charge in [-0.3, -0.25) is 4.99 Å². The standard InChI is InChI=1S/C21H28N4O2/c1-4-12-26-17-7-9-18(10-8-17)27-20-16(6-5-11-23-20)14-24-21(22-3)25-19-13-15(19)2/h5-11,15,19H,4,12-14H2,1-3H3,(H2,22,24,25). The van der Waals surface area contributed by atoms with E-state index in [1.165, 1.54) is 6.42 Å². The maximum Gasteiger partial charge on any atom is 0.224 e. The van der Waals surface area contributed by atoms with Gasteiger partial charge in [0.25, 0.3) is 0 Å². The van der Waals surface area contributed by atoms with Crippen molar-refractivity contribution in [3.05, 3.63) is 48.2 Å². The molecule has 1 aromatic carbocycles. The molecule has 27 heavy (non-hydrogen) atoms. The lowest BCUT2D eigenvalue weighted by Gasteiger charge is -2.14. The van der Waals surface area contributed by atoms with Crippen molar-refractivity contribution in [2.24, 2.45) is 10.9 Å². The summed E-state index contributed by atoms with van der Waals surface area (Å²) in [5, 5.41) is 6.75. The third-order valence-corrected chi connectivity index (χ3v) is 4.46. The van der Waals surface area contributed by atoms with E-state index in [1.807, 2.05) is 36.4 Å². The number of ether oxygens (including phenoxy) is 2. The van der Waals surface area contributed by atoms with Crippen LogP contribution in [0.5, 0.6) is 17.4 Å². The summed E-state index contributed by atoms with van der Waals surface area (Å²) in [5.41, 5.74) is 0.968. The van der Waals surface area contributed by atoms with E-state index in [2.05, 4.69) is 34.5 Å². The highest BCUT2D eigenvalue weighted by Crippen LogP contribution is 2.29. The van der Waals surface area contributed by atoms with Crippen molar-refractivity contribution in [1.29, 1.82) is 0 Å². The lowest BCUT2D eigenvalue weighted by molar-refractivity contribution is 0.317. The van der Waals surface area contributed by atoms with Gasteiger partial charge in [-0.05, 0) is 49.1 Å². The summed E-state index contributed by atoms with van der Waals surface area (Å²) in [6.45, 7) is 5.62. The highest BCUT2D eigenvalue weighted by molar-refractivity contribution is 5.80. The Balaban J connectivity index is 1.60. The average Bonchev–Trinajstić information content (AvgIpc) is 3.40. The zero-order valence-electron chi connectivity index (χ0n) is 16.2. The summed E-state index contributed by atoms with van der Waals surface area (Å²) in [6.07, 6.45) is 3.91. The quantitative estimate of drug-likeness (QED) is 0.549. The molecule has 1 fully saturated rings. The number of hydrogen-bond donors (Lipinski definition) is 2. The molecule has 1 aliphatic carbocycles. The molecule has 0 amide bonds. The molecule has 0 saturated heterocycles. The van der Waals surface area contributed by atoms with Crippen molar-refractivity contribution in [2.45, 2.75) is 39.3 Å². The fourth-order valence-electron chi connectivity index (χ4n) is 2.66. The first-order chi connectivity index (χ1) is 13.2. The third-order valence-electron chi connectivity index (χ3n) is 4.46. The van der Waals surface area contributed by atoms with Crippen molar-refractivity contribution >= 4 is 5.96 Å². The van der Waals surface area contributed by atoms with Crippen LogP contribution in [0.3, 0.4) is 0 Å². The number of aliphatic imine (C=N–C) groups is 1. The van der Waals surface area contributed by atoms with Gasteiger partial charge >= 0.3 is 0 Å². The first kappa shape index (κ1) is 19.0. The predicted molar refractivity (Wildman–Crippen MR) is 107 cm³/mol. The first-order valence-corrected chi connectivity index (χ1v) is 9.51. The molecule has 3 rings (SSSR count). The maximum atomic E-state index is 5.98. The highest BCUT2D eigenvalue weighted by atomic mass is 16.5. The van der Waals surface area contributed by atoms with Crippen LogP contribution in [0, 0.1) is 5.92 Å². The van der Waals surface area contributed by atoms with Gasteiger partial charge in [0, 0.05) is 31.4 Å². The van der Waals surface area contributed by atoms with Crippen molar-refractivity contribution in [2.75, 3.05) is 13.7 Å². The van der Waals surface area contributed by atoms with Crippen molar-refractivity contribution < 1.29 is 9.47 Å². The molecule has 1 saturated carbocycles. The summed E-state index contributed by atoms with van der Waals surface area (Å²) in [5.74, 6) is 3.67. The molecule has 6 heteroatoms. The average molecular weight is 368 g/mol. The number of nitrogens with one attached hydrogen (secondary N) is 2. The van der Waals surface area contributed by atoms with Crippen molar-refractivity contribution in [3.8, 4) is 17.4 Å². The number of aromatic nitrogens is 1. The molecule has 0 spiro atoms. The monoisotopic (exact) mass is 368 g/mol. The Morgan fingerprint density at radius 2 is 1.96 bits per heavy atom. The molecule has 1 aliphatic rings.